The molecule has 0 heterocycles. The van der Waals surface area contributed by atoms with Gasteiger partial charge in [-0.05, 0) is 13.3 Å². The molecule has 0 aromatic carbocycles. The van der Waals surface area contributed by atoms with Crippen LogP contribution in [0.1, 0.15) is 20.3 Å². The van der Waals surface area contributed by atoms with Crippen molar-refractivity contribution in [1.82, 2.24) is 0 Å². The molecule has 0 saturated heterocycles. The van der Waals surface area contributed by atoms with Crippen molar-refractivity contribution in [2.45, 2.75) is 20.3 Å². The highest BCUT2D eigenvalue weighted by Crippen LogP contribution is 1.91. The Labute approximate surface area is 67.7 Å². The highest BCUT2D eigenvalue weighted by Gasteiger charge is 1.99. The predicted octanol–water partition coefficient (Wildman–Crippen LogP) is -1.48. The fourth-order valence-corrected chi connectivity index (χ4v) is 0.318. The van der Waals surface area contributed by atoms with E-state index in [0.29, 0.717) is 12.2 Å². The van der Waals surface area contributed by atoms with Crippen molar-refractivity contribution >= 4 is 5.97 Å². The number of rotatable bonds is 3. The molecule has 0 rings (SSSR count). The van der Waals surface area contributed by atoms with E-state index in [1.54, 1.807) is 6.92 Å². The number of carbonyl (C=O) groups excluding carboxylic acids is 1. The normalized spacial score (nSPS) is 7.80. The molecule has 0 N–H and O–H groups in total. The van der Waals surface area contributed by atoms with E-state index in [-0.39, 0.29) is 18.4 Å². The molecule has 0 unspecified atom stereocenters. The maximum Gasteiger partial charge on any atom is 0.333 e. The van der Waals surface area contributed by atoms with Gasteiger partial charge in [0.05, 0.1) is 6.61 Å². The molecule has 60 valence electrons. The van der Waals surface area contributed by atoms with Gasteiger partial charge < -0.3 is 17.1 Å². The first-order chi connectivity index (χ1) is 4.18. The summed E-state index contributed by atoms with van der Waals surface area (Å²) in [5, 5.41) is 0. The van der Waals surface area contributed by atoms with E-state index >= 15 is 0 Å². The van der Waals surface area contributed by atoms with Crippen LogP contribution in [-0.2, 0) is 9.53 Å². The Balaban J connectivity index is 0. The minimum absolute atomic E-state index is 0. The molecule has 0 aromatic rings. The van der Waals surface area contributed by atoms with Crippen LogP contribution in [0.4, 0.5) is 0 Å². The van der Waals surface area contributed by atoms with Gasteiger partial charge in [-0.25, -0.2) is 4.79 Å². The smallest absolute Gasteiger partial charge is 0.333 e. The topological polar surface area (TPSA) is 26.3 Å². The van der Waals surface area contributed by atoms with E-state index in [1.807, 2.05) is 6.92 Å². The zero-order valence-electron chi connectivity index (χ0n) is 6.32. The molecule has 0 aromatic heterocycles. The first-order valence-corrected chi connectivity index (χ1v) is 3.01. The van der Waals surface area contributed by atoms with Crippen molar-refractivity contribution in [3.05, 3.63) is 12.2 Å². The second kappa shape index (κ2) is 6.62. The summed E-state index contributed by atoms with van der Waals surface area (Å²) in [6, 6.07) is 0. The van der Waals surface area contributed by atoms with Crippen molar-refractivity contribution < 1.29 is 21.9 Å². The fraction of sp³-hybridized carbons (Fsp3) is 0.571. The van der Waals surface area contributed by atoms with E-state index in [9.17, 15) is 4.79 Å². The zero-order chi connectivity index (χ0) is 7.28. The van der Waals surface area contributed by atoms with Crippen LogP contribution >= 0.6 is 0 Å². The molecule has 0 saturated carbocycles. The van der Waals surface area contributed by atoms with Crippen molar-refractivity contribution in [3.63, 3.8) is 0 Å². The summed E-state index contributed by atoms with van der Waals surface area (Å²) in [4.78, 5) is 10.6. The number of carbonyl (C=O) groups is 1. The number of ether oxygens (including phenoxy) is 1. The molecule has 2 nitrogen and oxygen atoms in total. The van der Waals surface area contributed by atoms with Gasteiger partial charge in [-0.15, -0.1) is 0 Å². The third kappa shape index (κ3) is 5.63. The minimum Gasteiger partial charge on any atom is -1.00 e. The average Bonchev–Trinajstić information content (AvgIpc) is 1.82. The van der Waals surface area contributed by atoms with Crippen LogP contribution in [0.15, 0.2) is 12.2 Å². The Morgan fingerprint density at radius 2 is 2.10 bits per heavy atom. The van der Waals surface area contributed by atoms with Crippen molar-refractivity contribution in [2.75, 3.05) is 6.61 Å². The summed E-state index contributed by atoms with van der Waals surface area (Å²) in [5.74, 6) is -0.295. The lowest BCUT2D eigenvalue weighted by molar-refractivity contribution is -0.138. The van der Waals surface area contributed by atoms with Crippen molar-refractivity contribution in [1.29, 1.82) is 0 Å². The van der Waals surface area contributed by atoms with Gasteiger partial charge in [-0.3, -0.25) is 0 Å². The van der Waals surface area contributed by atoms with Crippen LogP contribution in [0.3, 0.4) is 0 Å². The van der Waals surface area contributed by atoms with Crippen LogP contribution in [0, 0.1) is 0 Å². The lowest BCUT2D eigenvalue weighted by Gasteiger charge is -1.99. The average molecular weight is 164 g/mol. The van der Waals surface area contributed by atoms with Gasteiger partial charge in [0.15, 0.2) is 0 Å². The van der Waals surface area contributed by atoms with Crippen LogP contribution in [0.2, 0.25) is 0 Å². The number of halogens is 1. The van der Waals surface area contributed by atoms with E-state index in [2.05, 4.69) is 6.58 Å². The number of hydrogen-bond donors (Lipinski definition) is 0. The van der Waals surface area contributed by atoms with Crippen LogP contribution < -0.4 is 12.4 Å². The van der Waals surface area contributed by atoms with Gasteiger partial charge in [-0.1, -0.05) is 13.5 Å². The summed E-state index contributed by atoms with van der Waals surface area (Å²) < 4.78 is 4.71. The number of esters is 1. The molecule has 10 heavy (non-hydrogen) atoms. The molecule has 0 amide bonds. The Hall–Kier alpha value is -0.500. The van der Waals surface area contributed by atoms with Crippen molar-refractivity contribution in [3.8, 4) is 0 Å². The summed E-state index contributed by atoms with van der Waals surface area (Å²) in [6.45, 7) is 7.51. The molecular formula is C7H12ClO2-. The standard InChI is InChI=1S/C7H12O2.ClH/c1-4-5-9-7(8)6(2)3;/h2,4-5H2,1,3H3;1H/p-1. The SMILES string of the molecule is C=C(C)C(=O)OCCC.[Cl-]. The van der Waals surface area contributed by atoms with Gasteiger partial charge in [-0.2, -0.15) is 0 Å². The molecule has 0 aliphatic carbocycles. The number of hydrogen-bond acceptors (Lipinski definition) is 2. The largest absolute Gasteiger partial charge is 1.00 e. The Bertz CT molecular complexity index is 121. The predicted molar refractivity (Wildman–Crippen MR) is 36.1 cm³/mol. The highest BCUT2D eigenvalue weighted by atomic mass is 35.5. The third-order valence-corrected chi connectivity index (χ3v) is 0.786. The summed E-state index contributed by atoms with van der Waals surface area (Å²) in [7, 11) is 0. The molecule has 0 aliphatic rings. The monoisotopic (exact) mass is 163 g/mol. The fourth-order valence-electron chi connectivity index (χ4n) is 0.318. The minimum atomic E-state index is -0.295. The Kier molecular flexibility index (Phi) is 8.07. The van der Waals surface area contributed by atoms with Gasteiger partial charge in [0.1, 0.15) is 0 Å². The summed E-state index contributed by atoms with van der Waals surface area (Å²) >= 11 is 0. The zero-order valence-corrected chi connectivity index (χ0v) is 7.07. The second-order valence-corrected chi connectivity index (χ2v) is 1.92. The van der Waals surface area contributed by atoms with Crippen LogP contribution in [0.5, 0.6) is 0 Å². The van der Waals surface area contributed by atoms with Gasteiger partial charge in [0.25, 0.3) is 0 Å². The Morgan fingerprint density at radius 3 is 2.40 bits per heavy atom. The second-order valence-electron chi connectivity index (χ2n) is 1.92. The summed E-state index contributed by atoms with van der Waals surface area (Å²) in [5.41, 5.74) is 0.462. The quantitative estimate of drug-likeness (QED) is 0.375. The Morgan fingerprint density at radius 1 is 1.60 bits per heavy atom. The maximum atomic E-state index is 10.6. The van der Waals surface area contributed by atoms with Gasteiger partial charge >= 0.3 is 5.97 Å². The highest BCUT2D eigenvalue weighted by molar-refractivity contribution is 5.86. The molecule has 0 spiro atoms. The lowest BCUT2D eigenvalue weighted by atomic mass is 10.4. The molecule has 0 atom stereocenters. The van der Waals surface area contributed by atoms with Crippen LogP contribution in [-0.4, -0.2) is 12.6 Å². The van der Waals surface area contributed by atoms with Crippen LogP contribution in [0.25, 0.3) is 0 Å². The van der Waals surface area contributed by atoms with E-state index in [1.165, 1.54) is 0 Å². The summed E-state index contributed by atoms with van der Waals surface area (Å²) in [6.07, 6.45) is 0.860. The van der Waals surface area contributed by atoms with Gasteiger partial charge in [0.2, 0.25) is 0 Å². The van der Waals surface area contributed by atoms with Crippen molar-refractivity contribution in [2.24, 2.45) is 0 Å². The van der Waals surface area contributed by atoms with E-state index in [0.717, 1.165) is 6.42 Å². The molecule has 0 radical (unpaired) electrons. The molecule has 0 bridgehead atoms. The molecule has 0 aliphatic heterocycles. The lowest BCUT2D eigenvalue weighted by Crippen LogP contribution is -3.00. The molecular weight excluding hydrogens is 152 g/mol. The van der Waals surface area contributed by atoms with Gasteiger partial charge in [0, 0.05) is 5.57 Å². The molecule has 3 heteroatoms. The first-order valence-electron chi connectivity index (χ1n) is 3.01. The van der Waals surface area contributed by atoms with E-state index in [4.69, 9.17) is 4.74 Å². The van der Waals surface area contributed by atoms with E-state index < -0.39 is 0 Å². The third-order valence-electron chi connectivity index (χ3n) is 0.786. The first kappa shape index (κ1) is 12.2. The maximum absolute atomic E-state index is 10.6. The molecule has 0 fully saturated rings.